The molecule has 0 aliphatic rings. The highest BCUT2D eigenvalue weighted by molar-refractivity contribution is 5.95. The molecule has 0 bridgehead atoms. The van der Waals surface area contributed by atoms with Gasteiger partial charge in [0.1, 0.15) is 0 Å². The normalized spacial score (nSPS) is 14.6. The molecule has 0 aromatic heterocycles. The molecule has 0 fully saturated rings. The monoisotopic (exact) mass is 422 g/mol. The molecule has 0 radical (unpaired) electrons. The van der Waals surface area contributed by atoms with Crippen molar-refractivity contribution in [2.75, 3.05) is 0 Å². The molecule has 0 aliphatic carbocycles. The number of hydrogen-bond donors (Lipinski definition) is 5. The average molecular weight is 422 g/mol. The number of rotatable bonds is 11. The zero-order valence-electron chi connectivity index (χ0n) is 14.9. The number of ether oxygens (including phenoxy) is 2. The zero-order valence-corrected chi connectivity index (χ0v) is 14.9. The lowest BCUT2D eigenvalue weighted by Gasteiger charge is -2.22. The zero-order chi connectivity index (χ0) is 23.0. The molecule has 14 heteroatoms. The van der Waals surface area contributed by atoms with Gasteiger partial charge in [0.15, 0.2) is 11.2 Å². The van der Waals surface area contributed by atoms with E-state index in [-0.39, 0.29) is 6.42 Å². The van der Waals surface area contributed by atoms with E-state index in [4.69, 9.17) is 15.3 Å². The quantitative estimate of drug-likeness (QED) is 0.176. The van der Waals surface area contributed by atoms with E-state index < -0.39 is 78.7 Å². The summed E-state index contributed by atoms with van der Waals surface area (Å²) in [7, 11) is 0. The largest absolute Gasteiger partial charge is 0.481 e. The van der Waals surface area contributed by atoms with Crippen LogP contribution in [0.2, 0.25) is 0 Å². The van der Waals surface area contributed by atoms with Crippen molar-refractivity contribution in [3.05, 3.63) is 0 Å². The summed E-state index contributed by atoms with van der Waals surface area (Å²) in [6.07, 6.45) is -6.00. The van der Waals surface area contributed by atoms with Gasteiger partial charge < -0.3 is 35.0 Å². The number of hydrogen-bond acceptors (Lipinski definition) is 11. The van der Waals surface area contributed by atoms with Crippen LogP contribution in [-0.4, -0.2) is 78.5 Å². The third kappa shape index (κ3) is 8.44. The van der Waals surface area contributed by atoms with Crippen LogP contribution in [0.15, 0.2) is 0 Å². The molecule has 0 spiro atoms. The smallest absolute Gasteiger partial charge is 0.336 e. The van der Waals surface area contributed by atoms with E-state index in [0.29, 0.717) is 0 Å². The predicted molar refractivity (Wildman–Crippen MR) is 83.8 cm³/mol. The van der Waals surface area contributed by atoms with Crippen LogP contribution in [0, 0.1) is 0 Å². The van der Waals surface area contributed by atoms with Crippen molar-refractivity contribution in [2.45, 2.75) is 50.2 Å². The topological polar surface area (TPSA) is 239 Å². The highest BCUT2D eigenvalue weighted by Gasteiger charge is 2.45. The highest BCUT2D eigenvalue weighted by Crippen LogP contribution is 2.20. The highest BCUT2D eigenvalue weighted by atomic mass is 16.6. The average Bonchev–Trinajstić information content (AvgIpc) is 2.52. The lowest BCUT2D eigenvalue weighted by molar-refractivity contribution is -0.180. The number of carbonyl (C=O) groups is 7. The molecule has 162 valence electrons. The molecular formula is C15H18O14. The Labute approximate surface area is 161 Å². The molecule has 2 atom stereocenters. The molecule has 0 aromatic carbocycles. The summed E-state index contributed by atoms with van der Waals surface area (Å²) in [5.74, 6) is -12.0. The Morgan fingerprint density at radius 2 is 0.931 bits per heavy atom. The molecule has 5 N–H and O–H groups in total. The first-order chi connectivity index (χ1) is 13.1. The number of esters is 4. The van der Waals surface area contributed by atoms with Crippen LogP contribution in [-0.2, 0) is 43.0 Å². The number of carboxylic acid groups (broad SMARTS) is 3. The first kappa shape index (κ1) is 25.6. The van der Waals surface area contributed by atoms with E-state index in [2.05, 4.69) is 9.47 Å². The van der Waals surface area contributed by atoms with Crippen molar-refractivity contribution in [3.8, 4) is 0 Å². The van der Waals surface area contributed by atoms with Gasteiger partial charge in [-0.15, -0.1) is 0 Å². The molecule has 0 amide bonds. The van der Waals surface area contributed by atoms with Gasteiger partial charge in [-0.25, -0.2) is 9.59 Å². The second-order valence-electron chi connectivity index (χ2n) is 5.82. The van der Waals surface area contributed by atoms with E-state index in [1.165, 1.54) is 6.92 Å². The van der Waals surface area contributed by atoms with Crippen molar-refractivity contribution >= 4 is 41.8 Å². The van der Waals surface area contributed by atoms with Gasteiger partial charge >= 0.3 is 41.8 Å². The van der Waals surface area contributed by atoms with E-state index in [1.807, 2.05) is 0 Å². The molecule has 2 unspecified atom stereocenters. The summed E-state index contributed by atoms with van der Waals surface area (Å²) in [6.45, 7) is 1.32. The summed E-state index contributed by atoms with van der Waals surface area (Å²) in [6, 6.07) is 0. The molecule has 14 nitrogen and oxygen atoms in total. The predicted octanol–water partition coefficient (Wildman–Crippen LogP) is -2.19. The molecule has 0 rings (SSSR count). The fraction of sp³-hybridized carbons (Fsp3) is 0.533. The van der Waals surface area contributed by atoms with Crippen LogP contribution >= 0.6 is 0 Å². The summed E-state index contributed by atoms with van der Waals surface area (Å²) in [4.78, 5) is 78.4. The van der Waals surface area contributed by atoms with Gasteiger partial charge in [-0.1, -0.05) is 6.92 Å². The molecule has 0 aliphatic heterocycles. The molecule has 0 saturated heterocycles. The summed E-state index contributed by atoms with van der Waals surface area (Å²) < 4.78 is 8.23. The van der Waals surface area contributed by atoms with E-state index >= 15 is 0 Å². The maximum absolute atomic E-state index is 11.7. The Bertz CT molecular complexity index is 725. The van der Waals surface area contributed by atoms with Crippen molar-refractivity contribution in [1.82, 2.24) is 0 Å². The third-order valence-corrected chi connectivity index (χ3v) is 3.29. The summed E-state index contributed by atoms with van der Waals surface area (Å²) in [5.41, 5.74) is -6.25. The minimum absolute atomic E-state index is 0.239. The minimum Gasteiger partial charge on any atom is -0.481 e. The second-order valence-corrected chi connectivity index (χ2v) is 5.82. The fourth-order valence-corrected chi connectivity index (χ4v) is 1.83. The third-order valence-electron chi connectivity index (χ3n) is 3.29. The Morgan fingerprint density at radius 3 is 1.21 bits per heavy atom. The van der Waals surface area contributed by atoms with Crippen LogP contribution in [0.1, 0.15) is 39.0 Å². The van der Waals surface area contributed by atoms with Crippen LogP contribution in [0.25, 0.3) is 0 Å². The van der Waals surface area contributed by atoms with Gasteiger partial charge in [-0.2, -0.15) is 0 Å². The van der Waals surface area contributed by atoms with Gasteiger partial charge in [-0.05, 0) is 0 Å². The van der Waals surface area contributed by atoms with Crippen LogP contribution in [0.4, 0.5) is 0 Å². The van der Waals surface area contributed by atoms with Gasteiger partial charge in [0, 0.05) is 6.42 Å². The molecule has 0 heterocycles. The van der Waals surface area contributed by atoms with Gasteiger partial charge in [0.25, 0.3) is 0 Å². The standard InChI is InChI=1S/C15H18O14/c1-2-8(18)28-9(19)5-15(27,13(24)25)6-11(21)29-10(20)4-14(26,12(22)23)3-7(16)17/h26-27H,2-6H2,1H3,(H,16,17)(H,22,23)(H,24,25). The fourth-order valence-electron chi connectivity index (χ4n) is 1.83. The van der Waals surface area contributed by atoms with Crippen LogP contribution in [0.5, 0.6) is 0 Å². The molecule has 29 heavy (non-hydrogen) atoms. The number of carboxylic acids is 3. The van der Waals surface area contributed by atoms with Gasteiger partial charge in [0.05, 0.1) is 25.7 Å². The lowest BCUT2D eigenvalue weighted by atomic mass is 9.95. The number of aliphatic hydroxyl groups is 2. The van der Waals surface area contributed by atoms with Crippen LogP contribution < -0.4 is 0 Å². The van der Waals surface area contributed by atoms with E-state index in [9.17, 15) is 43.8 Å². The maximum Gasteiger partial charge on any atom is 0.336 e. The van der Waals surface area contributed by atoms with Gasteiger partial charge in [0.2, 0.25) is 0 Å². The Balaban J connectivity index is 5.12. The Hall–Kier alpha value is -3.39. The first-order valence-electron chi connectivity index (χ1n) is 7.75. The second kappa shape index (κ2) is 10.2. The SMILES string of the molecule is CCC(=O)OC(=O)CC(O)(CC(=O)OC(=O)CC(O)(CC(=O)O)C(=O)O)C(=O)O. The number of aliphatic carboxylic acids is 3. The summed E-state index contributed by atoms with van der Waals surface area (Å²) in [5, 5.41) is 46.0. The molecular weight excluding hydrogens is 404 g/mol. The number of carbonyl (C=O) groups excluding carboxylic acids is 4. The van der Waals surface area contributed by atoms with E-state index in [0.717, 1.165) is 0 Å². The van der Waals surface area contributed by atoms with Gasteiger partial charge in [-0.3, -0.25) is 24.0 Å². The van der Waals surface area contributed by atoms with Crippen molar-refractivity contribution in [1.29, 1.82) is 0 Å². The lowest BCUT2D eigenvalue weighted by Crippen LogP contribution is -2.45. The Morgan fingerprint density at radius 1 is 0.621 bits per heavy atom. The molecule has 0 saturated carbocycles. The van der Waals surface area contributed by atoms with E-state index in [1.54, 1.807) is 0 Å². The van der Waals surface area contributed by atoms with Crippen LogP contribution in [0.3, 0.4) is 0 Å². The Kier molecular flexibility index (Phi) is 9.04. The minimum atomic E-state index is -3.13. The summed E-state index contributed by atoms with van der Waals surface area (Å²) >= 11 is 0. The maximum atomic E-state index is 11.7. The first-order valence-corrected chi connectivity index (χ1v) is 7.75. The van der Waals surface area contributed by atoms with Crippen molar-refractivity contribution < 1.29 is 68.6 Å². The van der Waals surface area contributed by atoms with Crippen molar-refractivity contribution in [2.24, 2.45) is 0 Å². The molecule has 0 aromatic rings. The van der Waals surface area contributed by atoms with Crippen molar-refractivity contribution in [3.63, 3.8) is 0 Å².